The monoisotopic (exact) mass is 464 g/mol. The van der Waals surface area contributed by atoms with Gasteiger partial charge in [-0.05, 0) is 58.7 Å². The molecule has 32 heavy (non-hydrogen) atoms. The third kappa shape index (κ3) is 5.81. The number of hydrogen-bond acceptors (Lipinski definition) is 5. The van der Waals surface area contributed by atoms with Gasteiger partial charge in [0.15, 0.2) is 0 Å². The van der Waals surface area contributed by atoms with Crippen LogP contribution in [-0.2, 0) is 16.0 Å². The van der Waals surface area contributed by atoms with Crippen molar-refractivity contribution in [3.05, 3.63) is 40.4 Å². The second-order valence-electron chi connectivity index (χ2n) is 9.18. The Hall–Kier alpha value is -2.58. The summed E-state index contributed by atoms with van der Waals surface area (Å²) in [7, 11) is 2.21. The van der Waals surface area contributed by atoms with Crippen LogP contribution in [0.1, 0.15) is 55.5 Å². The van der Waals surface area contributed by atoms with E-state index >= 15 is 0 Å². The minimum Gasteiger partial charge on any atom is -0.486 e. The second kappa shape index (κ2) is 9.50. The van der Waals surface area contributed by atoms with Gasteiger partial charge in [0, 0.05) is 47.3 Å². The lowest BCUT2D eigenvalue weighted by atomic mass is 9.97. The van der Waals surface area contributed by atoms with E-state index in [4.69, 9.17) is 26.6 Å². The largest absolute Gasteiger partial charge is 0.486 e. The highest BCUT2D eigenvalue weighted by atomic mass is 35.5. The fourth-order valence-electron chi connectivity index (χ4n) is 4.78. The Balaban J connectivity index is 0.000000312. The number of hydrogen-bond donors (Lipinski definition) is 3. The third-order valence-corrected chi connectivity index (χ3v) is 6.39. The van der Waals surface area contributed by atoms with E-state index in [-0.39, 0.29) is 17.6 Å². The average Bonchev–Trinajstić information content (AvgIpc) is 3.08. The minimum absolute atomic E-state index is 0.0552. The predicted molar refractivity (Wildman–Crippen MR) is 119 cm³/mol. The number of carbonyl (C=O) groups excluding carboxylic acids is 1. The summed E-state index contributed by atoms with van der Waals surface area (Å²) < 4.78 is 6.03. The lowest BCUT2D eigenvalue weighted by molar-refractivity contribution is -0.134. The topological polar surface area (TPSA) is 116 Å². The van der Waals surface area contributed by atoms with Gasteiger partial charge >= 0.3 is 11.9 Å². The Bertz CT molecular complexity index is 915. The molecule has 3 N–H and O–H groups in total. The molecule has 3 aliphatic heterocycles. The van der Waals surface area contributed by atoms with Crippen molar-refractivity contribution in [1.82, 2.24) is 10.2 Å². The number of nitrogens with one attached hydrogen (secondary N) is 1. The van der Waals surface area contributed by atoms with Crippen LogP contribution in [-0.4, -0.2) is 63.7 Å². The molecule has 174 valence electrons. The minimum atomic E-state index is -1.26. The standard InChI is InChI=1S/C19H25ClN2O2.C4H4O4/c1-19(2)10-11-6-12(20)7-16(17(11)24-19)18(23)21-13-8-14-4-5-15(9-13)22(14)3;5-3(6)1-2-4(7)8/h6-7,13-15H,4-5,8-10H2,1-3H3,(H,21,23);1-2H,(H,5,6)(H,7,8)/b;2-1-/t13?,14-,15?;/m1./s1. The van der Waals surface area contributed by atoms with Gasteiger partial charge < -0.3 is 25.2 Å². The van der Waals surface area contributed by atoms with E-state index in [1.165, 1.54) is 12.8 Å². The zero-order valence-corrected chi connectivity index (χ0v) is 19.2. The van der Waals surface area contributed by atoms with Crippen LogP contribution in [0, 0.1) is 0 Å². The highest BCUT2D eigenvalue weighted by Gasteiger charge is 2.40. The highest BCUT2D eigenvalue weighted by molar-refractivity contribution is 6.31. The summed E-state index contributed by atoms with van der Waals surface area (Å²) in [6.45, 7) is 4.08. The molecule has 0 radical (unpaired) electrons. The molecule has 1 aromatic rings. The van der Waals surface area contributed by atoms with Crippen molar-refractivity contribution in [2.75, 3.05) is 7.05 Å². The van der Waals surface area contributed by atoms with Crippen molar-refractivity contribution in [3.8, 4) is 5.75 Å². The van der Waals surface area contributed by atoms with Crippen molar-refractivity contribution in [2.45, 2.75) is 69.7 Å². The first-order valence-electron chi connectivity index (χ1n) is 10.6. The predicted octanol–water partition coefficient (Wildman–Crippen LogP) is 3.12. The molecule has 4 rings (SSSR count). The zero-order chi connectivity index (χ0) is 23.6. The third-order valence-electron chi connectivity index (χ3n) is 6.17. The molecule has 0 saturated carbocycles. The fraction of sp³-hybridized carbons (Fsp3) is 0.522. The Morgan fingerprint density at radius 1 is 1.12 bits per heavy atom. The van der Waals surface area contributed by atoms with Gasteiger partial charge in [0.1, 0.15) is 11.4 Å². The molecule has 2 fully saturated rings. The summed E-state index contributed by atoms with van der Waals surface area (Å²) in [5.74, 6) is -1.86. The maximum Gasteiger partial charge on any atom is 0.328 e. The van der Waals surface area contributed by atoms with Crippen LogP contribution in [0.25, 0.3) is 0 Å². The molecule has 2 saturated heterocycles. The number of amides is 1. The zero-order valence-electron chi connectivity index (χ0n) is 18.4. The van der Waals surface area contributed by atoms with Crippen LogP contribution >= 0.6 is 11.6 Å². The number of rotatable bonds is 4. The van der Waals surface area contributed by atoms with Gasteiger partial charge in [-0.1, -0.05) is 11.6 Å². The number of carboxylic acids is 2. The Morgan fingerprint density at radius 2 is 1.69 bits per heavy atom. The number of ether oxygens (including phenoxy) is 1. The number of aliphatic carboxylic acids is 2. The van der Waals surface area contributed by atoms with Crippen molar-refractivity contribution >= 4 is 29.4 Å². The van der Waals surface area contributed by atoms with Crippen LogP contribution in [0.4, 0.5) is 0 Å². The van der Waals surface area contributed by atoms with E-state index in [2.05, 4.69) is 17.3 Å². The number of fused-ring (bicyclic) bond motifs is 3. The molecule has 2 bridgehead atoms. The summed E-state index contributed by atoms with van der Waals surface area (Å²) in [5.41, 5.74) is 1.32. The molecule has 8 nitrogen and oxygen atoms in total. The van der Waals surface area contributed by atoms with Crippen LogP contribution in [0.2, 0.25) is 5.02 Å². The first-order valence-corrected chi connectivity index (χ1v) is 11.0. The van der Waals surface area contributed by atoms with E-state index in [1.807, 2.05) is 19.9 Å². The smallest absolute Gasteiger partial charge is 0.328 e. The molecule has 2 unspecified atom stereocenters. The molecule has 1 amide bonds. The van der Waals surface area contributed by atoms with Gasteiger partial charge in [-0.2, -0.15) is 0 Å². The van der Waals surface area contributed by atoms with Gasteiger partial charge in [0.2, 0.25) is 0 Å². The molecule has 9 heteroatoms. The molecule has 3 heterocycles. The maximum absolute atomic E-state index is 12.9. The van der Waals surface area contributed by atoms with E-state index in [1.54, 1.807) is 6.07 Å². The van der Waals surface area contributed by atoms with Gasteiger partial charge in [0.05, 0.1) is 5.56 Å². The van der Waals surface area contributed by atoms with Crippen molar-refractivity contribution in [1.29, 1.82) is 0 Å². The highest BCUT2D eigenvalue weighted by Crippen LogP contribution is 2.40. The molecular weight excluding hydrogens is 436 g/mol. The number of benzene rings is 1. The lowest BCUT2D eigenvalue weighted by Gasteiger charge is -2.36. The van der Waals surface area contributed by atoms with Gasteiger partial charge in [-0.3, -0.25) is 4.79 Å². The molecule has 1 aromatic carbocycles. The van der Waals surface area contributed by atoms with Gasteiger partial charge in [-0.15, -0.1) is 0 Å². The number of nitrogens with zero attached hydrogens (tertiary/aromatic N) is 1. The number of carboxylic acid groups (broad SMARTS) is 2. The first kappa shape index (κ1) is 24.1. The Kier molecular flexibility index (Phi) is 7.15. The summed E-state index contributed by atoms with van der Waals surface area (Å²) in [6, 6.07) is 5.11. The van der Waals surface area contributed by atoms with Crippen LogP contribution in [0.5, 0.6) is 5.75 Å². The second-order valence-corrected chi connectivity index (χ2v) is 9.62. The van der Waals surface area contributed by atoms with E-state index < -0.39 is 11.9 Å². The van der Waals surface area contributed by atoms with Crippen molar-refractivity contribution in [3.63, 3.8) is 0 Å². The van der Waals surface area contributed by atoms with Crippen molar-refractivity contribution < 1.29 is 29.3 Å². The van der Waals surface area contributed by atoms with E-state index in [0.29, 0.717) is 40.6 Å². The van der Waals surface area contributed by atoms with E-state index in [0.717, 1.165) is 24.8 Å². The maximum atomic E-state index is 12.9. The summed E-state index contributed by atoms with van der Waals surface area (Å²) >= 11 is 6.24. The molecule has 3 aliphatic rings. The van der Waals surface area contributed by atoms with Crippen LogP contribution < -0.4 is 10.1 Å². The van der Waals surface area contributed by atoms with Gasteiger partial charge in [-0.25, -0.2) is 9.59 Å². The lowest BCUT2D eigenvalue weighted by Crippen LogP contribution is -2.48. The molecular formula is C23H29ClN2O6. The Morgan fingerprint density at radius 3 is 2.22 bits per heavy atom. The summed E-state index contributed by atoms with van der Waals surface area (Å²) in [6.07, 6.45) is 6.46. The number of carbonyl (C=O) groups is 3. The summed E-state index contributed by atoms with van der Waals surface area (Å²) in [4.78, 5) is 34.5. The fourth-order valence-corrected chi connectivity index (χ4v) is 5.02. The summed E-state index contributed by atoms with van der Waals surface area (Å²) in [5, 5.41) is 19.5. The van der Waals surface area contributed by atoms with Crippen LogP contribution in [0.15, 0.2) is 24.3 Å². The van der Waals surface area contributed by atoms with E-state index in [9.17, 15) is 14.4 Å². The van der Waals surface area contributed by atoms with Crippen molar-refractivity contribution in [2.24, 2.45) is 0 Å². The van der Waals surface area contributed by atoms with Gasteiger partial charge in [0.25, 0.3) is 5.91 Å². The average molecular weight is 465 g/mol. The normalized spacial score (nSPS) is 25.4. The number of piperidine rings is 1. The SMILES string of the molecule is CN1C2CC[C@@H]1CC(NC(=O)c1cc(Cl)cc3c1OC(C)(C)C3)C2.O=C(O)/C=C\C(=O)O. The quantitative estimate of drug-likeness (QED) is 0.586. The number of halogens is 1. The van der Waals surface area contributed by atoms with Crippen LogP contribution in [0.3, 0.4) is 0 Å². The molecule has 0 aromatic heterocycles. The molecule has 3 atom stereocenters. The molecule has 0 spiro atoms. The molecule has 0 aliphatic carbocycles. The first-order chi connectivity index (χ1) is 14.9. The Labute approximate surface area is 192 Å².